The van der Waals surface area contributed by atoms with Gasteiger partial charge in [0.1, 0.15) is 30.5 Å². The number of ether oxygens (including phenoxy) is 3. The van der Waals surface area contributed by atoms with Crippen LogP contribution < -0.4 is 10.2 Å². The number of esters is 3. The standard InChI is InChI=1S/C43H61BrN2O10/c1-24(47)46(29-12-10-28(44)11-13-29)23-39(51)45-34-20-30-31-14-15-37(43(9,53)38(56-27(4)50)17-18-40(5,6)52)41(31,7)19-16-32(30)42(8)22-36(55-26(3)49)35(21-33(34)42)54-25(2)48/h10-13,32-38,52-53H,14-23H2,1-9H3,(H,45,51)/t32-,33-,34+,35+,36-,37-,38+,41-,42+,43+/m0/s1. The Morgan fingerprint density at radius 2 is 1.57 bits per heavy atom. The minimum atomic E-state index is -1.40. The summed E-state index contributed by atoms with van der Waals surface area (Å²) in [6.07, 6.45) is 2.70. The van der Waals surface area contributed by atoms with Crippen LogP contribution in [0.3, 0.4) is 0 Å². The average molecular weight is 846 g/mol. The maximum atomic E-state index is 14.1. The van der Waals surface area contributed by atoms with E-state index in [-0.39, 0.29) is 36.1 Å². The van der Waals surface area contributed by atoms with Crippen molar-refractivity contribution in [3.05, 3.63) is 39.9 Å². The van der Waals surface area contributed by atoms with Gasteiger partial charge in [0.2, 0.25) is 11.8 Å². The van der Waals surface area contributed by atoms with E-state index in [2.05, 4.69) is 35.1 Å². The number of amides is 2. The molecule has 4 aliphatic carbocycles. The SMILES string of the molecule is CC(=O)O[C@H]1C[C@]2(C)[C@H]3CC[C@@]4(C)C(=C3C[C@@H](NC(=O)CN(C(C)=O)c3ccc(Br)cc3)[C@@H]2C[C@H]1OC(C)=O)CC[C@@H]4[C@@](C)(O)[C@@H](CCC(C)(C)O)OC(C)=O. The number of fused-ring (bicyclic) bond motifs is 4. The number of aliphatic hydroxyl groups is 2. The number of rotatable bonds is 12. The Kier molecular flexibility index (Phi) is 12.9. The van der Waals surface area contributed by atoms with Crippen molar-refractivity contribution in [3.8, 4) is 0 Å². The summed E-state index contributed by atoms with van der Waals surface area (Å²) in [5.74, 6) is -2.38. The van der Waals surface area contributed by atoms with Crippen LogP contribution in [0.4, 0.5) is 5.69 Å². The predicted molar refractivity (Wildman–Crippen MR) is 213 cm³/mol. The molecule has 0 saturated heterocycles. The zero-order valence-electron chi connectivity index (χ0n) is 34.4. The molecule has 0 aliphatic heterocycles. The van der Waals surface area contributed by atoms with Crippen LogP contribution in [0.5, 0.6) is 0 Å². The Labute approximate surface area is 339 Å². The molecule has 0 unspecified atom stereocenters. The van der Waals surface area contributed by atoms with Crippen molar-refractivity contribution in [1.29, 1.82) is 0 Å². The fourth-order valence-corrected chi connectivity index (χ4v) is 11.4. The van der Waals surface area contributed by atoms with E-state index >= 15 is 0 Å². The second-order valence-corrected chi connectivity index (χ2v) is 19.0. The smallest absolute Gasteiger partial charge is 0.303 e. The van der Waals surface area contributed by atoms with Crippen molar-refractivity contribution in [1.82, 2.24) is 5.32 Å². The summed E-state index contributed by atoms with van der Waals surface area (Å²) >= 11 is 3.43. The molecule has 10 atom stereocenters. The summed E-state index contributed by atoms with van der Waals surface area (Å²) in [6, 6.07) is 6.78. The molecule has 0 heterocycles. The molecular weight excluding hydrogens is 784 g/mol. The first kappa shape index (κ1) is 43.8. The Morgan fingerprint density at radius 1 is 0.946 bits per heavy atom. The molecule has 12 nitrogen and oxygen atoms in total. The van der Waals surface area contributed by atoms with Crippen LogP contribution >= 0.6 is 15.9 Å². The van der Waals surface area contributed by atoms with Gasteiger partial charge in [-0.3, -0.25) is 24.0 Å². The lowest BCUT2D eigenvalue weighted by molar-refractivity contribution is -0.186. The molecular formula is C43H61BrN2O10. The molecule has 3 saturated carbocycles. The normalized spacial score (nSPS) is 31.4. The maximum Gasteiger partial charge on any atom is 0.303 e. The first-order valence-electron chi connectivity index (χ1n) is 20.0. The summed E-state index contributed by atoms with van der Waals surface area (Å²) < 4.78 is 18.3. The predicted octanol–water partition coefficient (Wildman–Crippen LogP) is 6.33. The van der Waals surface area contributed by atoms with Crippen LogP contribution in [-0.4, -0.2) is 82.0 Å². The maximum absolute atomic E-state index is 14.1. The molecule has 2 amide bonds. The molecule has 13 heteroatoms. The number of carbonyl (C=O) groups is 5. The molecule has 0 aromatic heterocycles. The number of anilines is 1. The Balaban J connectivity index is 1.54. The Morgan fingerprint density at radius 3 is 2.14 bits per heavy atom. The third-order valence-electron chi connectivity index (χ3n) is 13.5. The Hall–Kier alpha value is -3.29. The van der Waals surface area contributed by atoms with E-state index < -0.39 is 64.3 Å². The van der Waals surface area contributed by atoms with Gasteiger partial charge in [0.05, 0.1) is 5.60 Å². The zero-order valence-corrected chi connectivity index (χ0v) is 36.0. The molecule has 5 rings (SSSR count). The van der Waals surface area contributed by atoms with Crippen LogP contribution in [0.1, 0.15) is 120 Å². The van der Waals surface area contributed by atoms with E-state index in [9.17, 15) is 34.2 Å². The van der Waals surface area contributed by atoms with Gasteiger partial charge >= 0.3 is 17.9 Å². The van der Waals surface area contributed by atoms with E-state index in [4.69, 9.17) is 14.2 Å². The second kappa shape index (κ2) is 16.5. The first-order valence-corrected chi connectivity index (χ1v) is 20.8. The third kappa shape index (κ3) is 9.20. The van der Waals surface area contributed by atoms with Crippen molar-refractivity contribution in [2.24, 2.45) is 28.6 Å². The van der Waals surface area contributed by atoms with Gasteiger partial charge in [-0.15, -0.1) is 0 Å². The highest BCUT2D eigenvalue weighted by Crippen LogP contribution is 2.66. The van der Waals surface area contributed by atoms with Crippen LogP contribution in [0.25, 0.3) is 0 Å². The zero-order chi connectivity index (χ0) is 41.5. The number of allylic oxidation sites excluding steroid dienone is 1. The first-order chi connectivity index (χ1) is 26.0. The van der Waals surface area contributed by atoms with Crippen molar-refractivity contribution in [2.45, 2.75) is 156 Å². The monoisotopic (exact) mass is 844 g/mol. The minimum Gasteiger partial charge on any atom is -0.459 e. The molecule has 0 bridgehead atoms. The van der Waals surface area contributed by atoms with E-state index in [0.29, 0.717) is 50.6 Å². The van der Waals surface area contributed by atoms with Crippen LogP contribution in [0, 0.1) is 28.6 Å². The number of benzene rings is 1. The fraction of sp³-hybridized carbons (Fsp3) is 0.698. The quantitative estimate of drug-likeness (QED) is 0.123. The molecule has 0 radical (unpaired) electrons. The highest BCUT2D eigenvalue weighted by atomic mass is 79.9. The van der Waals surface area contributed by atoms with Crippen molar-refractivity contribution in [2.75, 3.05) is 11.4 Å². The summed E-state index contributed by atoms with van der Waals surface area (Å²) in [5.41, 5.74) is -0.272. The minimum absolute atomic E-state index is 0.0692. The number of hydrogen-bond donors (Lipinski definition) is 3. The molecule has 0 spiro atoms. The highest BCUT2D eigenvalue weighted by Gasteiger charge is 2.62. The number of hydrogen-bond acceptors (Lipinski definition) is 10. The molecule has 3 fully saturated rings. The van der Waals surface area contributed by atoms with Crippen LogP contribution in [0.15, 0.2) is 39.9 Å². The van der Waals surface area contributed by atoms with Gasteiger partial charge in [-0.2, -0.15) is 0 Å². The molecule has 56 heavy (non-hydrogen) atoms. The summed E-state index contributed by atoms with van der Waals surface area (Å²) in [6.45, 7) is 14.8. The van der Waals surface area contributed by atoms with Gasteiger partial charge in [-0.1, -0.05) is 40.9 Å². The van der Waals surface area contributed by atoms with Crippen LogP contribution in [-0.2, 0) is 38.2 Å². The number of nitrogens with one attached hydrogen (secondary N) is 1. The van der Waals surface area contributed by atoms with Crippen molar-refractivity contribution in [3.63, 3.8) is 0 Å². The topological polar surface area (TPSA) is 169 Å². The molecule has 310 valence electrons. The lowest BCUT2D eigenvalue weighted by atomic mass is 9.47. The summed E-state index contributed by atoms with van der Waals surface area (Å²) in [5, 5.41) is 26.3. The van der Waals surface area contributed by atoms with E-state index in [1.165, 1.54) is 43.7 Å². The molecule has 1 aromatic rings. The van der Waals surface area contributed by atoms with E-state index in [1.54, 1.807) is 32.9 Å². The van der Waals surface area contributed by atoms with Crippen molar-refractivity contribution < 1.29 is 48.4 Å². The van der Waals surface area contributed by atoms with Gasteiger partial charge in [0.25, 0.3) is 0 Å². The Bertz CT molecular complexity index is 1720. The van der Waals surface area contributed by atoms with Crippen molar-refractivity contribution >= 4 is 51.3 Å². The largest absolute Gasteiger partial charge is 0.459 e. The number of halogens is 1. The number of carbonyl (C=O) groups excluding carboxylic acids is 5. The highest BCUT2D eigenvalue weighted by molar-refractivity contribution is 9.10. The average Bonchev–Trinajstić information content (AvgIpc) is 3.44. The van der Waals surface area contributed by atoms with E-state index in [1.807, 2.05) is 12.1 Å². The summed E-state index contributed by atoms with van der Waals surface area (Å²) in [7, 11) is 0. The molecule has 4 aliphatic rings. The van der Waals surface area contributed by atoms with Gasteiger partial charge in [0.15, 0.2) is 0 Å². The fourth-order valence-electron chi connectivity index (χ4n) is 11.1. The molecule has 3 N–H and O–H groups in total. The molecule has 1 aromatic carbocycles. The third-order valence-corrected chi connectivity index (χ3v) is 14.0. The summed E-state index contributed by atoms with van der Waals surface area (Å²) in [4.78, 5) is 65.4. The van der Waals surface area contributed by atoms with Gasteiger partial charge in [-0.05, 0) is 125 Å². The van der Waals surface area contributed by atoms with Gasteiger partial charge in [0, 0.05) is 49.8 Å². The van der Waals surface area contributed by atoms with Crippen LogP contribution in [0.2, 0.25) is 0 Å². The van der Waals surface area contributed by atoms with Gasteiger partial charge in [-0.25, -0.2) is 0 Å². The lowest BCUT2D eigenvalue weighted by Crippen LogP contribution is -2.62. The van der Waals surface area contributed by atoms with E-state index in [0.717, 1.165) is 17.3 Å². The van der Waals surface area contributed by atoms with Gasteiger partial charge < -0.3 is 34.6 Å². The lowest BCUT2D eigenvalue weighted by Gasteiger charge is -2.60. The second-order valence-electron chi connectivity index (χ2n) is 18.1. The number of nitrogens with zero attached hydrogens (tertiary/aromatic N) is 1.